The summed E-state index contributed by atoms with van der Waals surface area (Å²) in [6, 6.07) is 3.65. The van der Waals surface area contributed by atoms with Crippen molar-refractivity contribution >= 4 is 11.6 Å². The van der Waals surface area contributed by atoms with E-state index in [1.54, 1.807) is 9.42 Å². The molecule has 3 heterocycles. The molecule has 1 atom stereocenters. The number of hydrogen-bond acceptors (Lipinski definition) is 3. The van der Waals surface area contributed by atoms with Gasteiger partial charge >= 0.3 is 6.18 Å². The molecule has 5 nitrogen and oxygen atoms in total. The van der Waals surface area contributed by atoms with Gasteiger partial charge in [-0.15, -0.1) is 0 Å². The minimum atomic E-state index is -4.15. The average molecular weight is 440 g/mol. The van der Waals surface area contributed by atoms with Crippen molar-refractivity contribution in [2.24, 2.45) is 5.92 Å². The number of aryl methyl sites for hydroxylation is 1. The molecule has 1 amide bonds. The topological polar surface area (TPSA) is 50.5 Å². The number of carbonyl (C=O) groups excluding carboxylic acids is 1. The van der Waals surface area contributed by atoms with Crippen molar-refractivity contribution < 1.29 is 22.4 Å². The van der Waals surface area contributed by atoms with E-state index in [2.05, 4.69) is 4.98 Å². The van der Waals surface area contributed by atoms with E-state index in [0.29, 0.717) is 49.3 Å². The lowest BCUT2D eigenvalue weighted by molar-refractivity contribution is -0.182. The number of carbonyl (C=O) groups is 1. The molecule has 31 heavy (non-hydrogen) atoms. The quantitative estimate of drug-likeness (QED) is 0.649. The van der Waals surface area contributed by atoms with Gasteiger partial charge in [-0.1, -0.05) is 0 Å². The minimum absolute atomic E-state index is 0.0603. The molecule has 2 aromatic heterocycles. The van der Waals surface area contributed by atoms with Crippen LogP contribution in [0, 0.1) is 12.8 Å². The van der Waals surface area contributed by atoms with Crippen LogP contribution in [0.1, 0.15) is 68.4 Å². The van der Waals surface area contributed by atoms with E-state index in [0.717, 1.165) is 5.69 Å². The second-order valence-electron chi connectivity index (χ2n) is 9.17. The number of aromatic nitrogens is 3. The van der Waals surface area contributed by atoms with Crippen molar-refractivity contribution in [2.45, 2.75) is 69.9 Å². The molecule has 0 spiro atoms. The van der Waals surface area contributed by atoms with Crippen LogP contribution < -0.4 is 0 Å². The highest BCUT2D eigenvalue weighted by Crippen LogP contribution is 2.43. The van der Waals surface area contributed by atoms with Crippen LogP contribution in [0.4, 0.5) is 17.6 Å². The SMILES string of the molecule is CC(=O)N1CCCC(CF)(c2cc(C)nc3cc(C4CCC(C(F)(F)F)CC4)nn23)C1. The molecule has 2 aromatic rings. The molecule has 1 aliphatic heterocycles. The highest BCUT2D eigenvalue weighted by atomic mass is 19.4. The maximum Gasteiger partial charge on any atom is 0.391 e. The van der Waals surface area contributed by atoms with Gasteiger partial charge < -0.3 is 4.90 Å². The largest absolute Gasteiger partial charge is 0.391 e. The Morgan fingerprint density at radius 3 is 2.55 bits per heavy atom. The number of hydrogen-bond donors (Lipinski definition) is 0. The molecule has 1 saturated carbocycles. The van der Waals surface area contributed by atoms with Gasteiger partial charge in [0.2, 0.25) is 5.91 Å². The van der Waals surface area contributed by atoms with Gasteiger partial charge in [-0.05, 0) is 51.5 Å². The zero-order valence-corrected chi connectivity index (χ0v) is 17.9. The normalized spacial score (nSPS) is 27.6. The maximum absolute atomic E-state index is 14.5. The summed E-state index contributed by atoms with van der Waals surface area (Å²) in [7, 11) is 0. The monoisotopic (exact) mass is 440 g/mol. The number of alkyl halides is 4. The van der Waals surface area contributed by atoms with Crippen LogP contribution in [0.25, 0.3) is 5.65 Å². The molecular weight excluding hydrogens is 412 g/mol. The number of nitrogens with zero attached hydrogens (tertiary/aromatic N) is 4. The van der Waals surface area contributed by atoms with Crippen molar-refractivity contribution in [2.75, 3.05) is 19.8 Å². The van der Waals surface area contributed by atoms with Gasteiger partial charge in [-0.25, -0.2) is 13.9 Å². The highest BCUT2D eigenvalue weighted by Gasteiger charge is 2.43. The summed E-state index contributed by atoms with van der Waals surface area (Å²) in [5, 5.41) is 4.71. The van der Waals surface area contributed by atoms with E-state index < -0.39 is 24.2 Å². The lowest BCUT2D eigenvalue weighted by atomic mass is 9.77. The number of halogens is 4. The number of likely N-dealkylation sites (tertiary alicyclic amines) is 1. The first-order chi connectivity index (χ1) is 14.6. The standard InChI is InChI=1S/C22H28F4N4O/c1-14-10-19(21(12-23)8-3-9-29(13-21)15(2)31)30-20(27-14)11-18(28-30)16-4-6-17(7-5-16)22(24,25)26/h10-11,16-17H,3-9,12-13H2,1-2H3. The molecule has 4 rings (SSSR count). The van der Waals surface area contributed by atoms with Crippen LogP contribution >= 0.6 is 0 Å². The Labute approximate surface area is 178 Å². The molecule has 2 aliphatic rings. The van der Waals surface area contributed by atoms with Gasteiger partial charge in [0.15, 0.2) is 5.65 Å². The summed E-state index contributed by atoms with van der Waals surface area (Å²) in [6.45, 7) is 3.59. The first-order valence-electron chi connectivity index (χ1n) is 10.9. The summed E-state index contributed by atoms with van der Waals surface area (Å²) in [6.07, 6.45) is -1.80. The van der Waals surface area contributed by atoms with Crippen LogP contribution in [-0.4, -0.2) is 51.3 Å². The Morgan fingerprint density at radius 1 is 1.23 bits per heavy atom. The van der Waals surface area contributed by atoms with Crippen LogP contribution in [0.5, 0.6) is 0 Å². The number of amides is 1. The zero-order valence-electron chi connectivity index (χ0n) is 17.9. The second-order valence-corrected chi connectivity index (χ2v) is 9.17. The van der Waals surface area contributed by atoms with Gasteiger partial charge in [0.1, 0.15) is 6.67 Å². The summed E-state index contributed by atoms with van der Waals surface area (Å²) in [5.41, 5.74) is 1.83. The summed E-state index contributed by atoms with van der Waals surface area (Å²) in [5.74, 6) is -1.39. The zero-order chi connectivity index (χ0) is 22.4. The molecular formula is C22H28F4N4O. The maximum atomic E-state index is 14.5. The van der Waals surface area contributed by atoms with E-state index in [9.17, 15) is 22.4 Å². The Bertz CT molecular complexity index is 964. The van der Waals surface area contributed by atoms with Gasteiger partial charge in [-0.3, -0.25) is 4.79 Å². The fourth-order valence-corrected chi connectivity index (χ4v) is 5.20. The van der Waals surface area contributed by atoms with Gasteiger partial charge in [0.25, 0.3) is 0 Å². The van der Waals surface area contributed by atoms with Gasteiger partial charge in [0.05, 0.1) is 22.7 Å². The lowest BCUT2D eigenvalue weighted by Crippen LogP contribution is -2.50. The highest BCUT2D eigenvalue weighted by molar-refractivity contribution is 5.73. The Morgan fingerprint density at radius 2 is 1.94 bits per heavy atom. The number of piperidine rings is 1. The Hall–Kier alpha value is -2.19. The average Bonchev–Trinajstić information content (AvgIpc) is 3.16. The predicted octanol–water partition coefficient (Wildman–Crippen LogP) is 4.72. The molecule has 1 unspecified atom stereocenters. The third kappa shape index (κ3) is 4.15. The Kier molecular flexibility index (Phi) is 5.72. The molecule has 2 fully saturated rings. The van der Waals surface area contributed by atoms with Gasteiger partial charge in [0, 0.05) is 37.7 Å². The van der Waals surface area contributed by atoms with Crippen molar-refractivity contribution in [1.29, 1.82) is 0 Å². The van der Waals surface area contributed by atoms with E-state index in [-0.39, 0.29) is 31.2 Å². The second kappa shape index (κ2) is 8.06. The summed E-state index contributed by atoms with van der Waals surface area (Å²) in [4.78, 5) is 18.2. The van der Waals surface area contributed by atoms with Crippen molar-refractivity contribution in [3.05, 3.63) is 29.2 Å². The van der Waals surface area contributed by atoms with Crippen molar-refractivity contribution in [3.63, 3.8) is 0 Å². The van der Waals surface area contributed by atoms with E-state index >= 15 is 0 Å². The third-order valence-electron chi connectivity index (χ3n) is 7.00. The fourth-order valence-electron chi connectivity index (χ4n) is 5.20. The summed E-state index contributed by atoms with van der Waals surface area (Å²) >= 11 is 0. The third-order valence-corrected chi connectivity index (χ3v) is 7.00. The van der Waals surface area contributed by atoms with Gasteiger partial charge in [-0.2, -0.15) is 18.3 Å². The molecule has 1 aliphatic carbocycles. The predicted molar refractivity (Wildman–Crippen MR) is 108 cm³/mol. The van der Waals surface area contributed by atoms with E-state index in [1.807, 2.05) is 19.1 Å². The molecule has 170 valence electrons. The Balaban J connectivity index is 1.68. The van der Waals surface area contributed by atoms with Crippen LogP contribution in [0.15, 0.2) is 12.1 Å². The molecule has 9 heteroatoms. The van der Waals surface area contributed by atoms with Crippen LogP contribution in [0.3, 0.4) is 0 Å². The van der Waals surface area contributed by atoms with Crippen molar-refractivity contribution in [3.8, 4) is 0 Å². The summed E-state index contributed by atoms with van der Waals surface area (Å²) < 4.78 is 55.2. The van der Waals surface area contributed by atoms with Crippen molar-refractivity contribution in [1.82, 2.24) is 19.5 Å². The molecule has 0 bridgehead atoms. The molecule has 0 aromatic carbocycles. The van der Waals surface area contributed by atoms with E-state index in [4.69, 9.17) is 5.10 Å². The number of rotatable bonds is 3. The first-order valence-corrected chi connectivity index (χ1v) is 10.9. The van der Waals surface area contributed by atoms with Crippen LogP contribution in [0.2, 0.25) is 0 Å². The first kappa shape index (κ1) is 22.0. The molecule has 0 N–H and O–H groups in total. The fraction of sp³-hybridized carbons (Fsp3) is 0.682. The minimum Gasteiger partial charge on any atom is -0.342 e. The smallest absolute Gasteiger partial charge is 0.342 e. The van der Waals surface area contributed by atoms with E-state index in [1.165, 1.54) is 6.92 Å². The number of fused-ring (bicyclic) bond motifs is 1. The lowest BCUT2D eigenvalue weighted by Gasteiger charge is -2.41. The molecule has 0 radical (unpaired) electrons. The van der Waals surface area contributed by atoms with Crippen LogP contribution in [-0.2, 0) is 10.2 Å². The molecule has 1 saturated heterocycles.